The SMILES string of the molecule is O=C(NCCO)c1cccc2c1CCN2c1cc(Cc2cc(F)cc(F)c2)ncn1. The molecule has 0 aliphatic carbocycles. The average molecular weight is 410 g/mol. The van der Waals surface area contributed by atoms with Crippen LogP contribution in [-0.4, -0.2) is 40.7 Å². The summed E-state index contributed by atoms with van der Waals surface area (Å²) < 4.78 is 26.9. The van der Waals surface area contributed by atoms with Crippen LogP contribution >= 0.6 is 0 Å². The normalized spacial score (nSPS) is 12.7. The molecule has 0 radical (unpaired) electrons. The third-order valence-electron chi connectivity index (χ3n) is 4.96. The highest BCUT2D eigenvalue weighted by Gasteiger charge is 2.26. The molecule has 2 aromatic carbocycles. The Kier molecular flexibility index (Phi) is 5.67. The number of aromatic nitrogens is 2. The largest absolute Gasteiger partial charge is 0.395 e. The van der Waals surface area contributed by atoms with Crippen LogP contribution in [0.1, 0.15) is 27.2 Å². The van der Waals surface area contributed by atoms with Gasteiger partial charge in [-0.15, -0.1) is 0 Å². The van der Waals surface area contributed by atoms with E-state index in [1.807, 2.05) is 17.0 Å². The standard InChI is InChI=1S/C22H20F2N4O2/c23-15-8-14(9-16(24)11-15)10-17-12-21(27-13-26-17)28-6-4-18-19(2-1-3-20(18)28)22(30)25-5-7-29/h1-3,8-9,11-13,29H,4-7,10H2,(H,25,30). The molecule has 4 rings (SSSR count). The molecule has 0 saturated heterocycles. The quantitative estimate of drug-likeness (QED) is 0.654. The summed E-state index contributed by atoms with van der Waals surface area (Å²) in [5.41, 5.74) is 3.50. The highest BCUT2D eigenvalue weighted by Crippen LogP contribution is 2.35. The number of benzene rings is 2. The average Bonchev–Trinajstić information content (AvgIpc) is 3.15. The number of anilines is 2. The van der Waals surface area contributed by atoms with Gasteiger partial charge in [0.2, 0.25) is 0 Å². The van der Waals surface area contributed by atoms with Crippen LogP contribution in [0.5, 0.6) is 0 Å². The van der Waals surface area contributed by atoms with E-state index in [2.05, 4.69) is 15.3 Å². The van der Waals surface area contributed by atoms with Crippen LogP contribution in [0.3, 0.4) is 0 Å². The molecule has 0 atom stereocenters. The van der Waals surface area contributed by atoms with Crippen molar-refractivity contribution >= 4 is 17.4 Å². The Bertz CT molecular complexity index is 1070. The van der Waals surface area contributed by atoms with E-state index in [0.29, 0.717) is 35.6 Å². The number of amides is 1. The van der Waals surface area contributed by atoms with E-state index in [0.717, 1.165) is 17.3 Å². The first-order valence-corrected chi connectivity index (χ1v) is 9.59. The topological polar surface area (TPSA) is 78.4 Å². The van der Waals surface area contributed by atoms with Crippen LogP contribution in [0.15, 0.2) is 48.8 Å². The first-order valence-electron chi connectivity index (χ1n) is 9.59. The number of fused-ring (bicyclic) bond motifs is 1. The summed E-state index contributed by atoms with van der Waals surface area (Å²) >= 11 is 0. The maximum atomic E-state index is 13.5. The molecule has 0 fully saturated rings. The van der Waals surface area contributed by atoms with Crippen molar-refractivity contribution < 1.29 is 18.7 Å². The van der Waals surface area contributed by atoms with Crippen LogP contribution in [-0.2, 0) is 12.8 Å². The molecular weight excluding hydrogens is 390 g/mol. The lowest BCUT2D eigenvalue weighted by molar-refractivity contribution is 0.0944. The molecular formula is C22H20F2N4O2. The van der Waals surface area contributed by atoms with E-state index in [4.69, 9.17) is 5.11 Å². The van der Waals surface area contributed by atoms with Crippen LogP contribution in [0.2, 0.25) is 0 Å². The molecule has 1 aliphatic rings. The monoisotopic (exact) mass is 410 g/mol. The Labute approximate surface area is 172 Å². The minimum absolute atomic E-state index is 0.119. The number of rotatable bonds is 6. The van der Waals surface area contributed by atoms with Gasteiger partial charge in [-0.25, -0.2) is 18.7 Å². The fraction of sp³-hybridized carbons (Fsp3) is 0.227. The summed E-state index contributed by atoms with van der Waals surface area (Å²) in [5.74, 6) is -0.817. The number of carbonyl (C=O) groups is 1. The van der Waals surface area contributed by atoms with E-state index in [9.17, 15) is 13.6 Å². The van der Waals surface area contributed by atoms with Crippen molar-refractivity contribution in [3.63, 3.8) is 0 Å². The molecule has 0 bridgehead atoms. The molecule has 6 nitrogen and oxygen atoms in total. The van der Waals surface area contributed by atoms with Crippen molar-refractivity contribution in [1.29, 1.82) is 0 Å². The molecule has 2 heterocycles. The van der Waals surface area contributed by atoms with Crippen molar-refractivity contribution in [2.24, 2.45) is 0 Å². The highest BCUT2D eigenvalue weighted by atomic mass is 19.1. The molecule has 154 valence electrons. The van der Waals surface area contributed by atoms with Crippen molar-refractivity contribution in [1.82, 2.24) is 15.3 Å². The molecule has 8 heteroatoms. The number of aliphatic hydroxyl groups is 1. The predicted molar refractivity (Wildman–Crippen MR) is 108 cm³/mol. The third kappa shape index (κ3) is 4.13. The maximum absolute atomic E-state index is 13.5. The summed E-state index contributed by atoms with van der Waals surface area (Å²) in [7, 11) is 0. The van der Waals surface area contributed by atoms with Crippen LogP contribution < -0.4 is 10.2 Å². The summed E-state index contributed by atoms with van der Waals surface area (Å²) in [5, 5.41) is 11.6. The molecule has 0 spiro atoms. The summed E-state index contributed by atoms with van der Waals surface area (Å²) in [4.78, 5) is 23.0. The van der Waals surface area contributed by atoms with Gasteiger partial charge in [-0.2, -0.15) is 0 Å². The van der Waals surface area contributed by atoms with E-state index < -0.39 is 11.6 Å². The fourth-order valence-electron chi connectivity index (χ4n) is 3.70. The Morgan fingerprint density at radius 3 is 2.70 bits per heavy atom. The smallest absolute Gasteiger partial charge is 0.251 e. The van der Waals surface area contributed by atoms with Gasteiger partial charge in [0.15, 0.2) is 0 Å². The lowest BCUT2D eigenvalue weighted by Crippen LogP contribution is -2.27. The number of nitrogens with zero attached hydrogens (tertiary/aromatic N) is 3. The van der Waals surface area contributed by atoms with Crippen LogP contribution in [0.4, 0.5) is 20.3 Å². The molecule has 1 aliphatic heterocycles. The van der Waals surface area contributed by atoms with Gasteiger partial charge < -0.3 is 15.3 Å². The van der Waals surface area contributed by atoms with Crippen molar-refractivity contribution in [2.75, 3.05) is 24.6 Å². The van der Waals surface area contributed by atoms with Gasteiger partial charge in [0, 0.05) is 42.9 Å². The molecule has 0 unspecified atom stereocenters. The second-order valence-corrected chi connectivity index (χ2v) is 7.01. The van der Waals surface area contributed by atoms with Gasteiger partial charge in [-0.1, -0.05) is 6.07 Å². The molecule has 2 N–H and O–H groups in total. The van der Waals surface area contributed by atoms with E-state index in [-0.39, 0.29) is 25.5 Å². The van der Waals surface area contributed by atoms with Gasteiger partial charge in [0.05, 0.1) is 12.3 Å². The second-order valence-electron chi connectivity index (χ2n) is 7.01. The van der Waals surface area contributed by atoms with Crippen molar-refractivity contribution in [3.8, 4) is 0 Å². The van der Waals surface area contributed by atoms with Gasteiger partial charge in [0.25, 0.3) is 5.91 Å². The fourth-order valence-corrected chi connectivity index (χ4v) is 3.70. The summed E-state index contributed by atoms with van der Waals surface area (Å²) in [6.45, 7) is 0.721. The number of hydrogen-bond acceptors (Lipinski definition) is 5. The minimum Gasteiger partial charge on any atom is -0.395 e. The van der Waals surface area contributed by atoms with Crippen LogP contribution in [0, 0.1) is 11.6 Å². The van der Waals surface area contributed by atoms with Gasteiger partial charge in [-0.05, 0) is 41.8 Å². The molecule has 0 saturated carbocycles. The number of hydrogen-bond donors (Lipinski definition) is 2. The minimum atomic E-state index is -0.625. The number of aliphatic hydroxyl groups excluding tert-OH is 1. The maximum Gasteiger partial charge on any atom is 0.251 e. The van der Waals surface area contributed by atoms with Crippen molar-refractivity contribution in [2.45, 2.75) is 12.8 Å². The Hall–Kier alpha value is -3.39. The lowest BCUT2D eigenvalue weighted by Gasteiger charge is -2.19. The summed E-state index contributed by atoms with van der Waals surface area (Å²) in [6.07, 6.45) is 2.37. The zero-order valence-electron chi connectivity index (χ0n) is 16.1. The van der Waals surface area contributed by atoms with E-state index in [1.165, 1.54) is 18.5 Å². The van der Waals surface area contributed by atoms with Crippen molar-refractivity contribution in [3.05, 3.63) is 82.8 Å². The Morgan fingerprint density at radius 2 is 1.93 bits per heavy atom. The molecule has 3 aromatic rings. The Morgan fingerprint density at radius 1 is 1.13 bits per heavy atom. The first-order chi connectivity index (χ1) is 14.5. The highest BCUT2D eigenvalue weighted by molar-refractivity contribution is 5.98. The first kappa shape index (κ1) is 19.9. The van der Waals surface area contributed by atoms with Gasteiger partial charge >= 0.3 is 0 Å². The van der Waals surface area contributed by atoms with E-state index in [1.54, 1.807) is 12.1 Å². The molecule has 1 aromatic heterocycles. The predicted octanol–water partition coefficient (Wildman–Crippen LogP) is 2.76. The number of carbonyl (C=O) groups excluding carboxylic acids is 1. The number of halogens is 2. The van der Waals surface area contributed by atoms with Gasteiger partial charge in [0.1, 0.15) is 23.8 Å². The molecule has 30 heavy (non-hydrogen) atoms. The van der Waals surface area contributed by atoms with Crippen LogP contribution in [0.25, 0.3) is 0 Å². The van der Waals surface area contributed by atoms with Gasteiger partial charge in [-0.3, -0.25) is 4.79 Å². The zero-order valence-corrected chi connectivity index (χ0v) is 16.1. The third-order valence-corrected chi connectivity index (χ3v) is 4.96. The second kappa shape index (κ2) is 8.54. The summed E-state index contributed by atoms with van der Waals surface area (Å²) in [6, 6.07) is 10.7. The Balaban J connectivity index is 1.60. The molecule has 1 amide bonds. The lowest BCUT2D eigenvalue weighted by atomic mass is 10.0. The van der Waals surface area contributed by atoms with E-state index >= 15 is 0 Å². The zero-order chi connectivity index (χ0) is 21.1. The number of nitrogens with one attached hydrogen (secondary N) is 1.